The van der Waals surface area contributed by atoms with Crippen molar-refractivity contribution in [1.29, 1.82) is 0 Å². The molecular formula is C58H72Cl4N10O12. The van der Waals surface area contributed by atoms with E-state index in [0.29, 0.717) is 72.8 Å². The molecule has 8 rings (SSSR count). The van der Waals surface area contributed by atoms with Gasteiger partial charge in [-0.3, -0.25) is 9.59 Å². The third-order valence-corrected chi connectivity index (χ3v) is 15.4. The average molecular weight is 1240 g/mol. The van der Waals surface area contributed by atoms with Crippen molar-refractivity contribution in [3.05, 3.63) is 139 Å². The first-order chi connectivity index (χ1) is 40.6. The molecule has 6 aromatic rings. The SMILES string of the molecule is CN1Cc2c(Cl)cc(Cl)cc2[C@H](c2cccc(-c3cn(CCOCCOCCOCCNC(=O)[C@@H](O)[C@H](O)[C@H](O)[C@@H](O)C(=O)NCCOCCOCCOCCn4cc(-c5cccc([C@@H]6CN(C)Cc7c(Cl)cc(Cl)cc76)c5)nn4)nn3)c2)C1. The van der Waals surface area contributed by atoms with Gasteiger partial charge in [0, 0.05) is 82.3 Å². The summed E-state index contributed by atoms with van der Waals surface area (Å²) in [7, 11) is 4.16. The molecule has 0 saturated carbocycles. The summed E-state index contributed by atoms with van der Waals surface area (Å²) in [4.78, 5) is 29.4. The van der Waals surface area contributed by atoms with E-state index in [9.17, 15) is 30.0 Å². The Labute approximate surface area is 507 Å². The number of nitrogens with zero attached hydrogens (tertiary/aromatic N) is 8. The number of benzene rings is 4. The lowest BCUT2D eigenvalue weighted by atomic mass is 9.84. The maximum absolute atomic E-state index is 12.4. The molecule has 0 saturated heterocycles. The Morgan fingerprint density at radius 3 is 1.30 bits per heavy atom. The molecule has 2 aliphatic rings. The Bertz CT molecular complexity index is 2880. The average Bonchev–Trinajstić information content (AvgIpc) is 3.71. The molecule has 6 N–H and O–H groups in total. The summed E-state index contributed by atoms with van der Waals surface area (Å²) in [5.74, 6) is -1.87. The van der Waals surface area contributed by atoms with Gasteiger partial charge < -0.3 is 69.3 Å². The van der Waals surface area contributed by atoms with Crippen LogP contribution >= 0.6 is 46.4 Å². The number of aliphatic hydroxyl groups is 4. The second-order valence-corrected chi connectivity index (χ2v) is 22.2. The number of nitrogens with one attached hydrogen (secondary N) is 2. The van der Waals surface area contributed by atoms with E-state index in [2.05, 4.69) is 79.4 Å². The molecule has 0 radical (unpaired) electrons. The van der Waals surface area contributed by atoms with Crippen LogP contribution in [0, 0.1) is 0 Å². The number of carbonyl (C=O) groups excluding carboxylic acids is 2. The van der Waals surface area contributed by atoms with Crippen molar-refractivity contribution in [2.75, 3.05) is 120 Å². The molecule has 0 bridgehead atoms. The molecule has 0 aliphatic carbocycles. The van der Waals surface area contributed by atoms with Gasteiger partial charge in [0.2, 0.25) is 0 Å². The third-order valence-electron chi connectivity index (χ3n) is 14.3. The molecule has 0 unspecified atom stereocenters. The van der Waals surface area contributed by atoms with Crippen LogP contribution in [0.5, 0.6) is 0 Å². The molecule has 6 atom stereocenters. The number of carbonyl (C=O) groups is 2. The van der Waals surface area contributed by atoms with Crippen LogP contribution in [0.15, 0.2) is 85.2 Å². The zero-order valence-electron chi connectivity index (χ0n) is 46.8. The van der Waals surface area contributed by atoms with E-state index in [1.54, 1.807) is 21.5 Å². The summed E-state index contributed by atoms with van der Waals surface area (Å²) in [6, 6.07) is 24.2. The van der Waals surface area contributed by atoms with Crippen molar-refractivity contribution in [3.8, 4) is 22.5 Å². The van der Waals surface area contributed by atoms with Gasteiger partial charge in [-0.25, -0.2) is 9.36 Å². The first-order valence-electron chi connectivity index (χ1n) is 27.7. The van der Waals surface area contributed by atoms with Gasteiger partial charge in [0.15, 0.2) is 12.2 Å². The maximum atomic E-state index is 12.4. The first kappa shape index (κ1) is 64.8. The van der Waals surface area contributed by atoms with E-state index in [4.69, 9.17) is 74.8 Å². The van der Waals surface area contributed by atoms with Crippen LogP contribution < -0.4 is 10.6 Å². The number of hydrogen-bond donors (Lipinski definition) is 6. The Hall–Kier alpha value is -5.22. The lowest BCUT2D eigenvalue weighted by molar-refractivity contribution is -0.155. The van der Waals surface area contributed by atoms with Gasteiger partial charge in [0.05, 0.1) is 105 Å². The van der Waals surface area contributed by atoms with Gasteiger partial charge >= 0.3 is 0 Å². The summed E-state index contributed by atoms with van der Waals surface area (Å²) in [6.07, 6.45) is -4.87. The number of aromatic nitrogens is 6. The number of fused-ring (bicyclic) bond motifs is 2. The minimum absolute atomic E-state index is 0.0377. The molecule has 22 nitrogen and oxygen atoms in total. The highest BCUT2D eigenvalue weighted by Crippen LogP contribution is 2.41. The number of aliphatic hydroxyl groups excluding tert-OH is 4. The van der Waals surface area contributed by atoms with Crippen molar-refractivity contribution in [3.63, 3.8) is 0 Å². The molecular weight excluding hydrogens is 1170 g/mol. The fourth-order valence-corrected chi connectivity index (χ4v) is 11.1. The topological polar surface area (TPSA) is 262 Å². The first-order valence-corrected chi connectivity index (χ1v) is 29.2. The van der Waals surface area contributed by atoms with Crippen LogP contribution in [0.3, 0.4) is 0 Å². The van der Waals surface area contributed by atoms with Crippen molar-refractivity contribution in [1.82, 2.24) is 50.4 Å². The maximum Gasteiger partial charge on any atom is 0.251 e. The van der Waals surface area contributed by atoms with Crippen LogP contribution in [0.1, 0.15) is 45.2 Å². The van der Waals surface area contributed by atoms with Gasteiger partial charge in [-0.1, -0.05) is 93.2 Å². The zero-order valence-corrected chi connectivity index (χ0v) is 49.9. The number of halogens is 4. The molecule has 2 amide bonds. The van der Waals surface area contributed by atoms with Crippen molar-refractivity contribution < 1.29 is 58.4 Å². The molecule has 84 heavy (non-hydrogen) atoms. The van der Waals surface area contributed by atoms with Crippen LogP contribution in [0.4, 0.5) is 0 Å². The Balaban J connectivity index is 0.596. The summed E-state index contributed by atoms with van der Waals surface area (Å²) in [6.45, 7) is 7.26. The summed E-state index contributed by atoms with van der Waals surface area (Å²) >= 11 is 26.0. The van der Waals surface area contributed by atoms with Crippen molar-refractivity contribution >= 4 is 58.2 Å². The second-order valence-electron chi connectivity index (χ2n) is 20.5. The Morgan fingerprint density at radius 2 is 0.905 bits per heavy atom. The Morgan fingerprint density at radius 1 is 0.536 bits per heavy atom. The molecule has 0 spiro atoms. The molecule has 4 heterocycles. The fourth-order valence-electron chi connectivity index (χ4n) is 9.96. The van der Waals surface area contributed by atoms with Gasteiger partial charge in [0.1, 0.15) is 23.6 Å². The van der Waals surface area contributed by atoms with Gasteiger partial charge in [-0.2, -0.15) is 0 Å². The van der Waals surface area contributed by atoms with E-state index in [-0.39, 0.29) is 64.6 Å². The number of rotatable bonds is 33. The van der Waals surface area contributed by atoms with E-state index >= 15 is 0 Å². The lowest BCUT2D eigenvalue weighted by Gasteiger charge is -2.33. The second kappa shape index (κ2) is 32.5. The predicted molar refractivity (Wildman–Crippen MR) is 315 cm³/mol. The van der Waals surface area contributed by atoms with Crippen LogP contribution in [0.2, 0.25) is 20.1 Å². The quantitative estimate of drug-likeness (QED) is 0.0311. The highest BCUT2D eigenvalue weighted by Gasteiger charge is 2.37. The monoisotopic (exact) mass is 1240 g/mol. The van der Waals surface area contributed by atoms with Crippen molar-refractivity contribution in [2.45, 2.75) is 62.4 Å². The minimum Gasteiger partial charge on any atom is -0.387 e. The van der Waals surface area contributed by atoms with E-state index in [0.717, 1.165) is 82.1 Å². The fraction of sp³-hybridized carbons (Fsp3) is 0.483. The summed E-state index contributed by atoms with van der Waals surface area (Å²) in [5, 5.41) is 65.9. The van der Waals surface area contributed by atoms with E-state index < -0.39 is 36.2 Å². The normalized spacial score (nSPS) is 16.9. The van der Waals surface area contributed by atoms with Gasteiger partial charge in [0.25, 0.3) is 11.8 Å². The number of hydrogen-bond acceptors (Lipinski definition) is 18. The van der Waals surface area contributed by atoms with E-state index in [1.165, 1.54) is 0 Å². The van der Waals surface area contributed by atoms with Crippen LogP contribution in [0.25, 0.3) is 22.5 Å². The summed E-state index contributed by atoms with van der Waals surface area (Å²) in [5.41, 5.74) is 10.1. The Kier molecular flexibility index (Phi) is 25.1. The molecule has 2 aliphatic heterocycles. The zero-order chi connectivity index (χ0) is 59.5. The smallest absolute Gasteiger partial charge is 0.251 e. The lowest BCUT2D eigenvalue weighted by Crippen LogP contribution is -2.54. The third kappa shape index (κ3) is 18.4. The molecule has 2 aromatic heterocycles. The standard InChI is InChI=1S/C58H72Cl4N10O12/c1-69-31-45(43-27-41(59)29-49(61)47(43)33-69)37-5-3-7-39(25-37)51-35-71(67-65-51)11-15-81-19-23-83-21-17-79-13-9-63-57(77)55(75)53(73)54(74)56(76)58(78)64-10-14-80-18-22-84-24-20-82-16-12-72-36-52(66-68-72)40-8-4-6-38(26-40)46-32-70(2)34-48-44(46)28-42(60)30-50(48)62/h3-8,25-30,35-36,45-46,53-56,73-76H,9-24,31-34H2,1-2H3,(H,63,77)(H,64,78)/t45-,46-,53-,54+,55+,56-/m0/s1. The number of likely N-dealkylation sites (N-methyl/N-ethyl adjacent to an activating group) is 2. The molecule has 454 valence electrons. The number of amides is 2. The minimum atomic E-state index is -2.17. The molecule has 26 heteroatoms. The highest BCUT2D eigenvalue weighted by atomic mass is 35.5. The number of ether oxygens (including phenoxy) is 6. The predicted octanol–water partition coefficient (Wildman–Crippen LogP) is 4.45. The summed E-state index contributed by atoms with van der Waals surface area (Å²) < 4.78 is 36.9. The van der Waals surface area contributed by atoms with Gasteiger partial charge in [-0.05, 0) is 83.9 Å². The molecule has 0 fully saturated rings. The van der Waals surface area contributed by atoms with Crippen LogP contribution in [-0.4, -0.2) is 216 Å². The van der Waals surface area contributed by atoms with Gasteiger partial charge in [-0.15, -0.1) is 10.2 Å². The highest BCUT2D eigenvalue weighted by molar-refractivity contribution is 6.35. The largest absolute Gasteiger partial charge is 0.387 e. The van der Waals surface area contributed by atoms with E-state index in [1.807, 2.05) is 48.8 Å². The van der Waals surface area contributed by atoms with Crippen LogP contribution in [-0.2, 0) is 64.2 Å². The molecule has 4 aromatic carbocycles. The van der Waals surface area contributed by atoms with Crippen molar-refractivity contribution in [2.24, 2.45) is 0 Å².